The van der Waals surface area contributed by atoms with Gasteiger partial charge < -0.3 is 0 Å². The van der Waals surface area contributed by atoms with Crippen molar-refractivity contribution in [2.75, 3.05) is 0 Å². The number of rotatable bonds is 4. The van der Waals surface area contributed by atoms with E-state index in [2.05, 4.69) is 171 Å². The molecule has 0 amide bonds. The van der Waals surface area contributed by atoms with Crippen molar-refractivity contribution in [2.45, 2.75) is 18.8 Å². The maximum Gasteiger partial charge on any atom is 0.0153 e. The van der Waals surface area contributed by atoms with E-state index in [0.29, 0.717) is 0 Å². The summed E-state index contributed by atoms with van der Waals surface area (Å²) in [6.07, 6.45) is 8.15. The van der Waals surface area contributed by atoms with E-state index < -0.39 is 0 Å². The summed E-state index contributed by atoms with van der Waals surface area (Å²) < 4.78 is 0. The lowest BCUT2D eigenvalue weighted by molar-refractivity contribution is 0.608. The van der Waals surface area contributed by atoms with Gasteiger partial charge in [-0.25, -0.2) is 0 Å². The zero-order valence-corrected chi connectivity index (χ0v) is 24.3. The van der Waals surface area contributed by atoms with Crippen molar-refractivity contribution in [3.05, 3.63) is 175 Å². The smallest absolute Gasteiger partial charge is 0.0153 e. The Morgan fingerprint density at radius 3 is 1.72 bits per heavy atom. The minimum Gasteiger partial charge on any atom is -0.0827 e. The lowest BCUT2D eigenvalue weighted by Gasteiger charge is -2.31. The second-order valence-electron chi connectivity index (χ2n) is 11.9. The fourth-order valence-electron chi connectivity index (χ4n) is 7.16. The fraction of sp³-hybridized carbons (Fsp3) is 0.0698. The highest BCUT2D eigenvalue weighted by Gasteiger charge is 2.28. The van der Waals surface area contributed by atoms with Crippen molar-refractivity contribution in [2.24, 2.45) is 0 Å². The highest BCUT2D eigenvalue weighted by molar-refractivity contribution is 6.21. The molecule has 0 spiro atoms. The van der Waals surface area contributed by atoms with Crippen LogP contribution < -0.4 is 0 Å². The van der Waals surface area contributed by atoms with Crippen molar-refractivity contribution in [1.29, 1.82) is 0 Å². The average Bonchev–Trinajstić information content (AvgIpc) is 3.07. The molecule has 43 heavy (non-hydrogen) atoms. The first kappa shape index (κ1) is 25.5. The number of hydrogen-bond acceptors (Lipinski definition) is 0. The molecule has 0 heteroatoms. The van der Waals surface area contributed by atoms with Crippen LogP contribution in [0.3, 0.4) is 0 Å². The summed E-state index contributed by atoms with van der Waals surface area (Å²) in [5.74, 6) is 0. The van der Waals surface area contributed by atoms with Crippen LogP contribution in [0, 0.1) is 0 Å². The molecule has 8 rings (SSSR count). The Hall–Kier alpha value is -5.20. The minimum absolute atomic E-state index is 0.0965. The molecule has 1 aliphatic rings. The third-order valence-electron chi connectivity index (χ3n) is 9.20. The van der Waals surface area contributed by atoms with Crippen molar-refractivity contribution >= 4 is 37.9 Å². The van der Waals surface area contributed by atoms with E-state index in [1.54, 1.807) is 0 Å². The van der Waals surface area contributed by atoms with Gasteiger partial charge in [-0.05, 0) is 83.8 Å². The van der Waals surface area contributed by atoms with E-state index >= 15 is 0 Å². The first-order valence-corrected chi connectivity index (χ1v) is 15.2. The highest BCUT2D eigenvalue weighted by atomic mass is 14.3. The maximum atomic E-state index is 2.50. The van der Waals surface area contributed by atoms with Crippen LogP contribution in [0.25, 0.3) is 60.1 Å². The molecule has 0 aliphatic heterocycles. The summed E-state index contributed by atoms with van der Waals surface area (Å²) in [5, 5.41) is 7.77. The minimum atomic E-state index is -0.0965. The molecular weight excluding hydrogens is 516 g/mol. The quantitative estimate of drug-likeness (QED) is 0.192. The topological polar surface area (TPSA) is 0 Å². The fourth-order valence-corrected chi connectivity index (χ4v) is 7.16. The zero-order valence-electron chi connectivity index (χ0n) is 24.3. The predicted octanol–water partition coefficient (Wildman–Crippen LogP) is 11.8. The summed E-state index contributed by atoms with van der Waals surface area (Å²) in [4.78, 5) is 0. The van der Waals surface area contributed by atoms with Gasteiger partial charge in [-0.15, -0.1) is 0 Å². The van der Waals surface area contributed by atoms with E-state index in [1.807, 2.05) is 0 Å². The number of benzene rings is 7. The summed E-state index contributed by atoms with van der Waals surface area (Å²) in [5.41, 5.74) is 8.90. The molecule has 1 atom stereocenters. The van der Waals surface area contributed by atoms with Gasteiger partial charge in [0.1, 0.15) is 0 Å². The molecule has 0 aromatic heterocycles. The molecule has 0 heterocycles. The number of allylic oxidation sites excluding steroid dienone is 4. The third kappa shape index (κ3) is 4.30. The highest BCUT2D eigenvalue weighted by Crippen LogP contribution is 2.45. The van der Waals surface area contributed by atoms with Crippen molar-refractivity contribution < 1.29 is 0 Å². The Morgan fingerprint density at radius 1 is 0.465 bits per heavy atom. The van der Waals surface area contributed by atoms with Gasteiger partial charge in [0, 0.05) is 5.41 Å². The average molecular weight is 549 g/mol. The van der Waals surface area contributed by atoms with Gasteiger partial charge in [0.15, 0.2) is 0 Å². The van der Waals surface area contributed by atoms with Crippen LogP contribution in [0.2, 0.25) is 0 Å². The lowest BCUT2D eigenvalue weighted by atomic mass is 9.73. The summed E-state index contributed by atoms with van der Waals surface area (Å²) in [7, 11) is 0. The predicted molar refractivity (Wildman–Crippen MR) is 185 cm³/mol. The monoisotopic (exact) mass is 548 g/mol. The Kier molecular flexibility index (Phi) is 6.09. The van der Waals surface area contributed by atoms with E-state index in [4.69, 9.17) is 0 Å². The molecule has 0 radical (unpaired) electrons. The maximum absolute atomic E-state index is 2.50. The summed E-state index contributed by atoms with van der Waals surface area (Å²) in [6.45, 7) is 2.38. The van der Waals surface area contributed by atoms with Crippen LogP contribution in [0.1, 0.15) is 24.5 Å². The standard InChI is InChI=1S/C43H32/c1-43(40-24-12-19-30-14-8-9-21-35(30)40)27-13-20-34(29-43)33-25-26-38-39(28-33)42(32-17-6-3-7-18-32)37-23-11-10-22-36(37)41(38)31-15-4-2-5-16-31/h2-26,28-29H,27H2,1H3. The molecule has 0 fully saturated rings. The first-order chi connectivity index (χ1) is 21.2. The van der Waals surface area contributed by atoms with Gasteiger partial charge in [0.2, 0.25) is 0 Å². The molecule has 7 aromatic carbocycles. The molecule has 0 saturated heterocycles. The lowest BCUT2D eigenvalue weighted by Crippen LogP contribution is -2.21. The molecule has 0 nitrogen and oxygen atoms in total. The normalized spacial score (nSPS) is 16.5. The van der Waals surface area contributed by atoms with Gasteiger partial charge in [-0.2, -0.15) is 0 Å². The third-order valence-corrected chi connectivity index (χ3v) is 9.20. The van der Waals surface area contributed by atoms with E-state index in [1.165, 1.54) is 71.3 Å². The number of hydrogen-bond donors (Lipinski definition) is 0. The van der Waals surface area contributed by atoms with Crippen LogP contribution in [-0.4, -0.2) is 0 Å². The second kappa shape index (κ2) is 10.3. The van der Waals surface area contributed by atoms with Crippen LogP contribution >= 0.6 is 0 Å². The van der Waals surface area contributed by atoms with Crippen molar-refractivity contribution in [1.82, 2.24) is 0 Å². The van der Waals surface area contributed by atoms with Crippen LogP contribution in [0.15, 0.2) is 164 Å². The Bertz CT molecular complexity index is 2190. The Labute approximate surface area is 253 Å². The number of fused-ring (bicyclic) bond motifs is 3. The molecular formula is C43H32. The van der Waals surface area contributed by atoms with Crippen molar-refractivity contribution in [3.63, 3.8) is 0 Å². The Morgan fingerprint density at radius 2 is 1.02 bits per heavy atom. The molecule has 204 valence electrons. The molecule has 7 aromatic rings. The SMILES string of the molecule is CC1(c2cccc3ccccc23)C=C(c2ccc3c(-c4ccccc4)c4ccccc4c(-c4ccccc4)c3c2)C=CC1. The van der Waals surface area contributed by atoms with Gasteiger partial charge in [0.05, 0.1) is 0 Å². The summed E-state index contributed by atoms with van der Waals surface area (Å²) >= 11 is 0. The van der Waals surface area contributed by atoms with E-state index in [9.17, 15) is 0 Å². The first-order valence-electron chi connectivity index (χ1n) is 15.2. The van der Waals surface area contributed by atoms with Gasteiger partial charge in [-0.3, -0.25) is 0 Å². The van der Waals surface area contributed by atoms with E-state index in [-0.39, 0.29) is 5.41 Å². The van der Waals surface area contributed by atoms with Crippen molar-refractivity contribution in [3.8, 4) is 22.3 Å². The molecule has 1 aliphatic carbocycles. The van der Waals surface area contributed by atoms with E-state index in [0.717, 1.165) is 6.42 Å². The molecule has 0 bridgehead atoms. The largest absolute Gasteiger partial charge is 0.0827 e. The molecule has 1 unspecified atom stereocenters. The van der Waals surface area contributed by atoms with Gasteiger partial charge in [-0.1, -0.05) is 165 Å². The molecule has 0 saturated carbocycles. The van der Waals surface area contributed by atoms with Crippen LogP contribution in [0.5, 0.6) is 0 Å². The van der Waals surface area contributed by atoms with Gasteiger partial charge >= 0.3 is 0 Å². The summed E-state index contributed by atoms with van der Waals surface area (Å²) in [6, 6.07) is 53.2. The van der Waals surface area contributed by atoms with Gasteiger partial charge in [0.25, 0.3) is 0 Å². The van der Waals surface area contributed by atoms with Crippen LogP contribution in [0.4, 0.5) is 0 Å². The molecule has 0 N–H and O–H groups in total. The van der Waals surface area contributed by atoms with Crippen LogP contribution in [-0.2, 0) is 5.41 Å². The Balaban J connectivity index is 1.39. The zero-order chi connectivity index (χ0) is 28.8. The second-order valence-corrected chi connectivity index (χ2v) is 11.9.